The highest BCUT2D eigenvalue weighted by Crippen LogP contribution is 2.24. The Balaban J connectivity index is 1.54. The molecule has 0 saturated heterocycles. The van der Waals surface area contributed by atoms with Crippen LogP contribution in [0.3, 0.4) is 0 Å². The summed E-state index contributed by atoms with van der Waals surface area (Å²) in [6.07, 6.45) is 9.24. The number of aromatic nitrogens is 2. The fourth-order valence-electron chi connectivity index (χ4n) is 2.31. The van der Waals surface area contributed by atoms with Gasteiger partial charge in [-0.3, -0.25) is 15.1 Å². The molecule has 0 bridgehead atoms. The number of thiazole rings is 1. The summed E-state index contributed by atoms with van der Waals surface area (Å²) in [6, 6.07) is 12.0. The van der Waals surface area contributed by atoms with Crippen LogP contribution in [0.5, 0.6) is 0 Å². The van der Waals surface area contributed by atoms with Crippen LogP contribution in [0.25, 0.3) is 17.3 Å². The van der Waals surface area contributed by atoms with Gasteiger partial charge in [-0.15, -0.1) is 23.1 Å². The number of carbonyl (C=O) groups excluding carboxylic acids is 1. The van der Waals surface area contributed by atoms with Gasteiger partial charge in [0.1, 0.15) is 0 Å². The normalized spacial score (nSPS) is 11.0. The number of pyridine rings is 1. The number of hydrogen-bond acceptors (Lipinski definition) is 5. The van der Waals surface area contributed by atoms with Gasteiger partial charge in [0.15, 0.2) is 5.13 Å². The van der Waals surface area contributed by atoms with Crippen molar-refractivity contribution in [3.8, 4) is 11.3 Å². The predicted molar refractivity (Wildman–Crippen MR) is 115 cm³/mol. The van der Waals surface area contributed by atoms with E-state index in [-0.39, 0.29) is 5.91 Å². The highest BCUT2D eigenvalue weighted by molar-refractivity contribution is 7.99. The summed E-state index contributed by atoms with van der Waals surface area (Å²) in [4.78, 5) is 21.8. The summed E-state index contributed by atoms with van der Waals surface area (Å²) in [5.41, 5.74) is 2.81. The lowest BCUT2D eigenvalue weighted by Gasteiger charge is -2.01. The lowest BCUT2D eigenvalue weighted by molar-refractivity contribution is -0.111. The summed E-state index contributed by atoms with van der Waals surface area (Å²) in [5, 5.41) is 5.31. The molecule has 3 aromatic rings. The molecule has 138 valence electrons. The topological polar surface area (TPSA) is 54.9 Å². The third kappa shape index (κ3) is 6.05. The lowest BCUT2D eigenvalue weighted by atomic mass is 10.2. The number of rotatable bonds is 8. The maximum Gasteiger partial charge on any atom is 0.250 e. The summed E-state index contributed by atoms with van der Waals surface area (Å²) in [7, 11) is 0. The average molecular weight is 396 g/mol. The van der Waals surface area contributed by atoms with Crippen molar-refractivity contribution in [3.05, 3.63) is 65.8 Å². The maximum absolute atomic E-state index is 12.1. The Morgan fingerprint density at radius 2 is 1.96 bits per heavy atom. The van der Waals surface area contributed by atoms with Crippen molar-refractivity contribution >= 4 is 40.2 Å². The number of nitrogens with zero attached hydrogens (tertiary/aromatic N) is 2. The molecule has 0 aliphatic heterocycles. The van der Waals surface area contributed by atoms with Crippen molar-refractivity contribution in [1.29, 1.82) is 0 Å². The second-order valence-corrected chi connectivity index (χ2v) is 7.89. The first-order chi connectivity index (χ1) is 13.2. The molecule has 2 heterocycles. The molecule has 0 radical (unpaired) electrons. The first kappa shape index (κ1) is 19.3. The van der Waals surface area contributed by atoms with Crippen LogP contribution in [0.1, 0.15) is 25.3 Å². The molecule has 0 saturated carbocycles. The number of thioether (sulfide) groups is 1. The number of hydrogen-bond donors (Lipinski definition) is 1. The summed E-state index contributed by atoms with van der Waals surface area (Å²) >= 11 is 3.27. The fraction of sp³-hybridized carbons (Fsp3) is 0.190. The van der Waals surface area contributed by atoms with Gasteiger partial charge in [0, 0.05) is 34.3 Å². The van der Waals surface area contributed by atoms with Crippen LogP contribution in [0, 0.1) is 0 Å². The number of unbranched alkanes of at least 4 members (excludes halogenated alkanes) is 1. The maximum atomic E-state index is 12.1. The largest absolute Gasteiger partial charge is 0.298 e. The molecule has 6 heteroatoms. The van der Waals surface area contributed by atoms with E-state index in [1.165, 1.54) is 35.1 Å². The smallest absolute Gasteiger partial charge is 0.250 e. The number of benzene rings is 1. The van der Waals surface area contributed by atoms with E-state index in [4.69, 9.17) is 0 Å². The van der Waals surface area contributed by atoms with Crippen LogP contribution in [0.2, 0.25) is 0 Å². The monoisotopic (exact) mass is 395 g/mol. The van der Waals surface area contributed by atoms with Crippen molar-refractivity contribution in [2.24, 2.45) is 0 Å². The Bertz CT molecular complexity index is 889. The Hall–Kier alpha value is -2.44. The molecule has 27 heavy (non-hydrogen) atoms. The van der Waals surface area contributed by atoms with Crippen LogP contribution in [0.15, 0.2) is 65.1 Å². The second-order valence-electron chi connectivity index (χ2n) is 5.87. The summed E-state index contributed by atoms with van der Waals surface area (Å²) < 4.78 is 0. The van der Waals surface area contributed by atoms with Crippen LogP contribution in [-0.2, 0) is 4.79 Å². The van der Waals surface area contributed by atoms with Crippen molar-refractivity contribution in [2.45, 2.75) is 24.7 Å². The zero-order valence-electron chi connectivity index (χ0n) is 15.1. The average Bonchev–Trinajstić information content (AvgIpc) is 3.17. The molecule has 1 aromatic carbocycles. The molecule has 1 N–H and O–H groups in total. The van der Waals surface area contributed by atoms with Gasteiger partial charge in [-0.1, -0.05) is 25.5 Å². The minimum atomic E-state index is -0.188. The zero-order valence-corrected chi connectivity index (χ0v) is 16.7. The number of carbonyl (C=O) groups is 1. The molecule has 0 unspecified atom stereocenters. The third-order valence-corrected chi connectivity index (χ3v) is 5.64. The van der Waals surface area contributed by atoms with E-state index in [1.807, 2.05) is 47.5 Å². The van der Waals surface area contributed by atoms with E-state index in [9.17, 15) is 4.79 Å². The van der Waals surface area contributed by atoms with Crippen LogP contribution >= 0.6 is 23.1 Å². The molecular weight excluding hydrogens is 374 g/mol. The summed E-state index contributed by atoms with van der Waals surface area (Å²) in [5.74, 6) is 0.954. The van der Waals surface area contributed by atoms with Gasteiger partial charge in [-0.25, -0.2) is 4.98 Å². The Morgan fingerprint density at radius 1 is 1.19 bits per heavy atom. The van der Waals surface area contributed by atoms with Gasteiger partial charge in [0.25, 0.3) is 0 Å². The summed E-state index contributed by atoms with van der Waals surface area (Å²) in [6.45, 7) is 2.20. The molecular formula is C21H21N3OS2. The highest BCUT2D eigenvalue weighted by atomic mass is 32.2. The van der Waals surface area contributed by atoms with E-state index in [2.05, 4.69) is 34.3 Å². The van der Waals surface area contributed by atoms with E-state index in [1.54, 1.807) is 12.4 Å². The van der Waals surface area contributed by atoms with Gasteiger partial charge >= 0.3 is 0 Å². The first-order valence-electron chi connectivity index (χ1n) is 8.82. The van der Waals surface area contributed by atoms with Gasteiger partial charge in [-0.2, -0.15) is 0 Å². The molecule has 0 atom stereocenters. The lowest BCUT2D eigenvalue weighted by Crippen LogP contribution is -2.07. The Kier molecular flexibility index (Phi) is 7.19. The molecule has 4 nitrogen and oxygen atoms in total. The Morgan fingerprint density at radius 3 is 2.70 bits per heavy atom. The first-order valence-corrected chi connectivity index (χ1v) is 10.7. The second kappa shape index (κ2) is 10.0. The minimum absolute atomic E-state index is 0.188. The zero-order chi connectivity index (χ0) is 18.9. The third-order valence-electron chi connectivity index (χ3n) is 3.78. The van der Waals surface area contributed by atoms with Crippen molar-refractivity contribution in [2.75, 3.05) is 11.1 Å². The molecule has 0 aliphatic carbocycles. The Labute approximate surface area is 167 Å². The van der Waals surface area contributed by atoms with Crippen LogP contribution in [0.4, 0.5) is 5.13 Å². The van der Waals surface area contributed by atoms with E-state index < -0.39 is 0 Å². The molecule has 0 fully saturated rings. The van der Waals surface area contributed by atoms with Crippen molar-refractivity contribution < 1.29 is 4.79 Å². The SMILES string of the molecule is CCCCSc1ccc(/C=C/C(=O)Nc2nc(-c3ccncc3)cs2)cc1. The number of anilines is 1. The molecule has 2 aromatic heterocycles. The van der Waals surface area contributed by atoms with Gasteiger partial charge in [0.05, 0.1) is 5.69 Å². The molecule has 0 spiro atoms. The molecule has 1 amide bonds. The standard InChI is InChI=1S/C21H21N3OS2/c1-2-3-14-26-18-7-4-16(5-8-18)6-9-20(25)24-21-23-19(15-27-21)17-10-12-22-13-11-17/h4-13,15H,2-3,14H2,1H3,(H,23,24,25)/b9-6+. The van der Waals surface area contributed by atoms with Gasteiger partial charge in [-0.05, 0) is 48.1 Å². The van der Waals surface area contributed by atoms with Crippen molar-refractivity contribution in [3.63, 3.8) is 0 Å². The van der Waals surface area contributed by atoms with E-state index in [0.29, 0.717) is 5.13 Å². The van der Waals surface area contributed by atoms with E-state index >= 15 is 0 Å². The van der Waals surface area contributed by atoms with Crippen LogP contribution in [-0.4, -0.2) is 21.6 Å². The highest BCUT2D eigenvalue weighted by Gasteiger charge is 2.06. The van der Waals surface area contributed by atoms with Crippen LogP contribution < -0.4 is 5.32 Å². The van der Waals surface area contributed by atoms with Gasteiger partial charge in [0.2, 0.25) is 5.91 Å². The molecule has 3 rings (SSSR count). The minimum Gasteiger partial charge on any atom is -0.298 e. The fourth-order valence-corrected chi connectivity index (χ4v) is 4.03. The number of amides is 1. The predicted octanol–water partition coefficient (Wildman–Crippen LogP) is 5.75. The van der Waals surface area contributed by atoms with Gasteiger partial charge < -0.3 is 0 Å². The van der Waals surface area contributed by atoms with Crippen molar-refractivity contribution in [1.82, 2.24) is 9.97 Å². The van der Waals surface area contributed by atoms with E-state index in [0.717, 1.165) is 22.6 Å². The quantitative estimate of drug-likeness (QED) is 0.300. The number of nitrogens with one attached hydrogen (secondary N) is 1. The molecule has 0 aliphatic rings.